The van der Waals surface area contributed by atoms with Crippen LogP contribution in [0.3, 0.4) is 0 Å². The van der Waals surface area contributed by atoms with E-state index in [1.807, 2.05) is 0 Å². The maximum absolute atomic E-state index is 13.1. The van der Waals surface area contributed by atoms with E-state index in [-0.39, 0.29) is 25.7 Å². The summed E-state index contributed by atoms with van der Waals surface area (Å²) >= 11 is 0. The Morgan fingerprint density at radius 3 is 0.578 bits per heavy atom. The quantitative estimate of drug-likeness (QED) is 0.0222. The van der Waals surface area contributed by atoms with E-state index in [9.17, 15) is 43.2 Å². The second-order valence-corrected chi connectivity index (χ2v) is 32.8. The molecule has 0 fully saturated rings. The van der Waals surface area contributed by atoms with Gasteiger partial charge in [-0.3, -0.25) is 37.3 Å². The van der Waals surface area contributed by atoms with Gasteiger partial charge in [-0.15, -0.1) is 0 Å². The molecule has 0 aromatic carbocycles. The zero-order valence-electron chi connectivity index (χ0n) is 66.6. The second kappa shape index (κ2) is 77.2. The second-order valence-electron chi connectivity index (χ2n) is 29.9. The number of ether oxygens (including phenoxy) is 4. The van der Waals surface area contributed by atoms with Crippen LogP contribution in [0.1, 0.15) is 451 Å². The first-order valence-electron chi connectivity index (χ1n) is 43.3. The van der Waals surface area contributed by atoms with Crippen LogP contribution in [0.15, 0.2) is 0 Å². The number of phosphoric ester groups is 2. The number of rotatable bonds is 84. The molecular formula is C83H162O17P2. The highest BCUT2D eigenvalue weighted by atomic mass is 31.2. The van der Waals surface area contributed by atoms with Crippen LogP contribution < -0.4 is 0 Å². The Kier molecular flexibility index (Phi) is 75.8. The van der Waals surface area contributed by atoms with Crippen molar-refractivity contribution >= 4 is 39.5 Å². The average molecular weight is 1490 g/mol. The molecule has 0 spiro atoms. The minimum Gasteiger partial charge on any atom is -0.462 e. The Balaban J connectivity index is 5.18. The number of unbranched alkanes of at least 4 members (excludes halogenated alkanes) is 58. The Morgan fingerprint density at radius 2 is 0.392 bits per heavy atom. The lowest BCUT2D eigenvalue weighted by Gasteiger charge is -2.21. The largest absolute Gasteiger partial charge is 0.472 e. The summed E-state index contributed by atoms with van der Waals surface area (Å²) in [4.78, 5) is 73.0. The van der Waals surface area contributed by atoms with Crippen molar-refractivity contribution in [2.45, 2.75) is 470 Å². The topological polar surface area (TPSA) is 237 Å². The van der Waals surface area contributed by atoms with E-state index in [2.05, 4.69) is 27.7 Å². The molecule has 0 heterocycles. The summed E-state index contributed by atoms with van der Waals surface area (Å²) in [6.45, 7) is 5.01. The van der Waals surface area contributed by atoms with E-state index < -0.39 is 97.5 Å². The molecule has 2 unspecified atom stereocenters. The SMILES string of the molecule is CCCCCCCCCCCCCCCCCCCCCCCC(=O)O[C@H](COC(=O)CCCCCCCCCCCCCCCCCCCC)COP(=O)(O)OC[C@@H](O)COP(=O)(O)OC[C@@H](COC(=O)CCCCCCCCCC)OC(=O)CCCCCCCCCCCCCCCCC. The van der Waals surface area contributed by atoms with Gasteiger partial charge >= 0.3 is 39.5 Å². The van der Waals surface area contributed by atoms with Crippen molar-refractivity contribution in [3.63, 3.8) is 0 Å². The molecule has 606 valence electrons. The summed E-state index contributed by atoms with van der Waals surface area (Å²) in [6, 6.07) is 0. The lowest BCUT2D eigenvalue weighted by molar-refractivity contribution is -0.161. The number of aliphatic hydroxyl groups excluding tert-OH is 1. The van der Waals surface area contributed by atoms with Crippen molar-refractivity contribution in [3.8, 4) is 0 Å². The summed E-state index contributed by atoms with van der Waals surface area (Å²) in [5, 5.41) is 10.6. The third-order valence-corrected chi connectivity index (χ3v) is 21.5. The van der Waals surface area contributed by atoms with Crippen molar-refractivity contribution < 1.29 is 80.2 Å². The van der Waals surface area contributed by atoms with Gasteiger partial charge in [-0.1, -0.05) is 400 Å². The molecule has 102 heavy (non-hydrogen) atoms. The molecule has 0 rings (SSSR count). The maximum Gasteiger partial charge on any atom is 0.472 e. The number of esters is 4. The van der Waals surface area contributed by atoms with Crippen molar-refractivity contribution in [1.82, 2.24) is 0 Å². The highest BCUT2D eigenvalue weighted by Crippen LogP contribution is 2.45. The van der Waals surface area contributed by atoms with Gasteiger partial charge in [0, 0.05) is 25.7 Å². The lowest BCUT2D eigenvalue weighted by Crippen LogP contribution is -2.30. The van der Waals surface area contributed by atoms with E-state index in [0.717, 1.165) is 89.9 Å². The highest BCUT2D eigenvalue weighted by Gasteiger charge is 2.30. The van der Waals surface area contributed by atoms with E-state index in [1.54, 1.807) is 0 Å². The van der Waals surface area contributed by atoms with Crippen LogP contribution in [-0.4, -0.2) is 96.7 Å². The van der Waals surface area contributed by atoms with Crippen molar-refractivity contribution in [2.24, 2.45) is 0 Å². The number of hydrogen-bond donors (Lipinski definition) is 3. The lowest BCUT2D eigenvalue weighted by atomic mass is 10.0. The third-order valence-electron chi connectivity index (χ3n) is 19.6. The fourth-order valence-electron chi connectivity index (χ4n) is 13.0. The maximum atomic E-state index is 13.1. The van der Waals surface area contributed by atoms with Gasteiger partial charge in [0.2, 0.25) is 0 Å². The fraction of sp³-hybridized carbons (Fsp3) is 0.952. The summed E-state index contributed by atoms with van der Waals surface area (Å²) in [7, 11) is -9.92. The number of carbonyl (C=O) groups excluding carboxylic acids is 4. The minimum absolute atomic E-state index is 0.109. The zero-order valence-corrected chi connectivity index (χ0v) is 68.4. The fourth-order valence-corrected chi connectivity index (χ4v) is 14.6. The standard InChI is InChI=1S/C83H162O17P2/c1-5-9-13-17-21-25-28-31-34-36-38-39-40-42-45-48-51-54-58-62-66-70-83(88)100-79(74-94-81(86)68-64-60-56-52-49-46-44-41-37-35-32-29-26-22-18-14-10-6-2)76-98-102(91,92)96-72-77(84)71-95-101(89,90)97-75-78(73-93-80(85)67-63-59-55-24-20-16-12-8-4)99-82(87)69-65-61-57-53-50-47-43-33-30-27-23-19-15-11-7-3/h77-79,84H,5-76H2,1-4H3,(H,89,90)(H,91,92)/t77-,78+,79+/m0/s1. The molecule has 0 aliphatic rings. The molecule has 5 atom stereocenters. The van der Waals surface area contributed by atoms with E-state index in [4.69, 9.17) is 37.0 Å². The van der Waals surface area contributed by atoms with Crippen molar-refractivity contribution in [2.75, 3.05) is 39.6 Å². The minimum atomic E-state index is -4.96. The molecule has 3 N–H and O–H groups in total. The molecule has 0 radical (unpaired) electrons. The van der Waals surface area contributed by atoms with Crippen LogP contribution in [0.4, 0.5) is 0 Å². The molecule has 0 saturated heterocycles. The van der Waals surface area contributed by atoms with Crippen molar-refractivity contribution in [3.05, 3.63) is 0 Å². The van der Waals surface area contributed by atoms with Crippen molar-refractivity contribution in [1.29, 1.82) is 0 Å². The summed E-state index contributed by atoms with van der Waals surface area (Å²) < 4.78 is 68.7. The molecule has 0 aliphatic heterocycles. The van der Waals surface area contributed by atoms with Gasteiger partial charge < -0.3 is 33.8 Å². The van der Waals surface area contributed by atoms with Crippen LogP contribution in [0.25, 0.3) is 0 Å². The van der Waals surface area contributed by atoms with Gasteiger partial charge in [0.1, 0.15) is 19.3 Å². The summed E-state index contributed by atoms with van der Waals surface area (Å²) in [5.74, 6) is -2.10. The third kappa shape index (κ3) is 76.3. The summed E-state index contributed by atoms with van der Waals surface area (Å²) in [5.41, 5.74) is 0. The molecule has 0 saturated carbocycles. The zero-order chi connectivity index (χ0) is 74.6. The number of aliphatic hydroxyl groups is 1. The molecule has 0 aromatic heterocycles. The Labute approximate surface area is 626 Å². The first kappa shape index (κ1) is 100. The molecule has 19 heteroatoms. The first-order chi connectivity index (χ1) is 49.7. The molecule has 0 aromatic rings. The van der Waals surface area contributed by atoms with Gasteiger partial charge in [-0.05, 0) is 25.7 Å². The van der Waals surface area contributed by atoms with Crippen LogP contribution in [0.2, 0.25) is 0 Å². The van der Waals surface area contributed by atoms with E-state index in [1.165, 1.54) is 283 Å². The van der Waals surface area contributed by atoms with Gasteiger partial charge in [-0.25, -0.2) is 9.13 Å². The van der Waals surface area contributed by atoms with Crippen LogP contribution >= 0.6 is 15.6 Å². The Bertz CT molecular complexity index is 1930. The van der Waals surface area contributed by atoms with Gasteiger partial charge in [0.05, 0.1) is 26.4 Å². The van der Waals surface area contributed by atoms with Crippen LogP contribution in [-0.2, 0) is 65.4 Å². The number of phosphoric acid groups is 2. The van der Waals surface area contributed by atoms with E-state index >= 15 is 0 Å². The molecule has 0 aliphatic carbocycles. The molecule has 0 amide bonds. The van der Waals surface area contributed by atoms with Gasteiger partial charge in [0.15, 0.2) is 12.2 Å². The normalized spacial score (nSPS) is 13.8. The number of hydrogen-bond acceptors (Lipinski definition) is 15. The predicted octanol–water partition coefficient (Wildman–Crippen LogP) is 25.4. The Hall–Kier alpha value is -1.94. The Morgan fingerprint density at radius 1 is 0.235 bits per heavy atom. The smallest absolute Gasteiger partial charge is 0.462 e. The summed E-state index contributed by atoms with van der Waals surface area (Å²) in [6.07, 6.45) is 70.9. The average Bonchev–Trinajstić information content (AvgIpc) is 0.912. The predicted molar refractivity (Wildman–Crippen MR) is 419 cm³/mol. The van der Waals surface area contributed by atoms with Crippen LogP contribution in [0.5, 0.6) is 0 Å². The van der Waals surface area contributed by atoms with Gasteiger partial charge in [0.25, 0.3) is 0 Å². The van der Waals surface area contributed by atoms with Gasteiger partial charge in [-0.2, -0.15) is 0 Å². The monoisotopic (exact) mass is 1490 g/mol. The number of carbonyl (C=O) groups is 4. The molecule has 17 nitrogen and oxygen atoms in total. The van der Waals surface area contributed by atoms with E-state index in [0.29, 0.717) is 25.7 Å². The van der Waals surface area contributed by atoms with Crippen LogP contribution in [0, 0.1) is 0 Å². The molecular weight excluding hydrogens is 1330 g/mol. The first-order valence-corrected chi connectivity index (χ1v) is 46.3. The highest BCUT2D eigenvalue weighted by molar-refractivity contribution is 7.47. The molecule has 0 bridgehead atoms.